The van der Waals surface area contributed by atoms with Crippen molar-refractivity contribution in [1.82, 2.24) is 5.32 Å². The molecule has 0 aliphatic carbocycles. The highest BCUT2D eigenvalue weighted by molar-refractivity contribution is 5.76. The van der Waals surface area contributed by atoms with Gasteiger partial charge >= 0.3 is 12.1 Å². The second-order valence-corrected chi connectivity index (χ2v) is 3.70. The molecular formula is C8H10F5NO3. The summed E-state index contributed by atoms with van der Waals surface area (Å²) in [5.41, 5.74) is -2.13. The van der Waals surface area contributed by atoms with Crippen molar-refractivity contribution in [2.75, 3.05) is 20.3 Å². The first kappa shape index (κ1) is 14.1. The Kier molecular flexibility index (Phi) is 3.63. The molecule has 1 rings (SSSR count). The lowest BCUT2D eigenvalue weighted by Crippen LogP contribution is -2.50. The number of carbonyl (C=O) groups excluding carboxylic acids is 1. The average molecular weight is 263 g/mol. The van der Waals surface area contributed by atoms with Crippen molar-refractivity contribution in [2.45, 2.75) is 24.2 Å². The van der Waals surface area contributed by atoms with Crippen LogP contribution in [0.2, 0.25) is 0 Å². The molecule has 0 aromatic heterocycles. The standard InChI is InChI=1S/C8H10F5NO3/c1-16-4-7(2-6(9,10)3-14-7)17-5(15)8(11,12)13/h14H,2-4H2,1H3. The van der Waals surface area contributed by atoms with Crippen LogP contribution in [0, 0.1) is 0 Å². The SMILES string of the molecule is COCC1(OC(=O)C(F)(F)F)CC(F)(F)CN1. The number of alkyl halides is 5. The van der Waals surface area contributed by atoms with Crippen molar-refractivity contribution < 1.29 is 36.2 Å². The van der Waals surface area contributed by atoms with Crippen LogP contribution in [0.1, 0.15) is 6.42 Å². The minimum atomic E-state index is -5.24. The van der Waals surface area contributed by atoms with Crippen LogP contribution < -0.4 is 5.32 Å². The summed E-state index contributed by atoms with van der Waals surface area (Å²) in [7, 11) is 1.10. The topological polar surface area (TPSA) is 47.6 Å². The molecule has 1 unspecified atom stereocenters. The van der Waals surface area contributed by atoms with Gasteiger partial charge in [0.25, 0.3) is 5.92 Å². The Morgan fingerprint density at radius 1 is 1.41 bits per heavy atom. The molecule has 0 saturated carbocycles. The summed E-state index contributed by atoms with van der Waals surface area (Å²) in [6.07, 6.45) is -6.30. The van der Waals surface area contributed by atoms with Gasteiger partial charge in [0.05, 0.1) is 13.0 Å². The van der Waals surface area contributed by atoms with Crippen molar-refractivity contribution in [2.24, 2.45) is 0 Å². The highest BCUT2D eigenvalue weighted by Gasteiger charge is 2.55. The minimum absolute atomic E-state index is 0.593. The number of nitrogens with one attached hydrogen (secondary N) is 1. The average Bonchev–Trinajstić information content (AvgIpc) is 2.41. The van der Waals surface area contributed by atoms with Crippen LogP contribution in [0.15, 0.2) is 0 Å². The Balaban J connectivity index is 2.78. The van der Waals surface area contributed by atoms with Gasteiger partial charge in [-0.2, -0.15) is 13.2 Å². The number of hydrogen-bond acceptors (Lipinski definition) is 4. The number of rotatable bonds is 3. The van der Waals surface area contributed by atoms with E-state index >= 15 is 0 Å². The molecule has 0 amide bonds. The van der Waals surface area contributed by atoms with E-state index in [1.165, 1.54) is 0 Å². The fourth-order valence-corrected chi connectivity index (χ4v) is 1.51. The number of ether oxygens (including phenoxy) is 2. The zero-order valence-corrected chi connectivity index (χ0v) is 8.74. The van der Waals surface area contributed by atoms with E-state index < -0.39 is 43.4 Å². The number of methoxy groups -OCH3 is 1. The van der Waals surface area contributed by atoms with Crippen molar-refractivity contribution in [1.29, 1.82) is 0 Å². The zero-order valence-electron chi connectivity index (χ0n) is 8.74. The molecule has 1 saturated heterocycles. The molecule has 0 spiro atoms. The Morgan fingerprint density at radius 3 is 2.35 bits per heavy atom. The summed E-state index contributed by atoms with van der Waals surface area (Å²) in [4.78, 5) is 10.6. The predicted octanol–water partition coefficient (Wildman–Crippen LogP) is 1.06. The fourth-order valence-electron chi connectivity index (χ4n) is 1.51. The van der Waals surface area contributed by atoms with Crippen LogP contribution in [-0.2, 0) is 14.3 Å². The van der Waals surface area contributed by atoms with E-state index in [1.807, 2.05) is 5.32 Å². The summed E-state index contributed by atoms with van der Waals surface area (Å²) < 4.78 is 70.3. The third-order valence-electron chi connectivity index (χ3n) is 2.11. The first-order valence-corrected chi connectivity index (χ1v) is 4.52. The quantitative estimate of drug-likeness (QED) is 0.611. The lowest BCUT2D eigenvalue weighted by atomic mass is 10.1. The van der Waals surface area contributed by atoms with Gasteiger partial charge in [-0.25, -0.2) is 13.6 Å². The number of halogens is 5. The Morgan fingerprint density at radius 2 is 2.00 bits per heavy atom. The normalized spacial score (nSPS) is 28.1. The summed E-state index contributed by atoms with van der Waals surface area (Å²) >= 11 is 0. The van der Waals surface area contributed by atoms with Gasteiger partial charge in [-0.15, -0.1) is 0 Å². The number of hydrogen-bond donors (Lipinski definition) is 1. The van der Waals surface area contributed by atoms with Gasteiger partial charge < -0.3 is 9.47 Å². The minimum Gasteiger partial charge on any atom is -0.434 e. The molecule has 17 heavy (non-hydrogen) atoms. The molecule has 4 nitrogen and oxygen atoms in total. The molecule has 1 fully saturated rings. The highest BCUT2D eigenvalue weighted by Crippen LogP contribution is 2.34. The first-order valence-electron chi connectivity index (χ1n) is 4.52. The van der Waals surface area contributed by atoms with Crippen molar-refractivity contribution in [3.05, 3.63) is 0 Å². The van der Waals surface area contributed by atoms with Crippen LogP contribution >= 0.6 is 0 Å². The lowest BCUT2D eigenvalue weighted by Gasteiger charge is -2.28. The van der Waals surface area contributed by atoms with Crippen molar-refractivity contribution in [3.63, 3.8) is 0 Å². The third kappa shape index (κ3) is 3.50. The van der Waals surface area contributed by atoms with E-state index in [1.54, 1.807) is 0 Å². The molecule has 0 radical (unpaired) electrons. The van der Waals surface area contributed by atoms with E-state index in [0.29, 0.717) is 0 Å². The molecule has 0 aromatic rings. The molecule has 1 aliphatic rings. The van der Waals surface area contributed by atoms with Gasteiger partial charge in [0.15, 0.2) is 5.72 Å². The van der Waals surface area contributed by atoms with Crippen molar-refractivity contribution >= 4 is 5.97 Å². The Labute approximate surface area is 93.1 Å². The number of esters is 1. The molecule has 1 N–H and O–H groups in total. The molecule has 0 bridgehead atoms. The molecule has 1 atom stereocenters. The van der Waals surface area contributed by atoms with Gasteiger partial charge in [0.2, 0.25) is 0 Å². The summed E-state index contributed by atoms with van der Waals surface area (Å²) in [5.74, 6) is -5.77. The lowest BCUT2D eigenvalue weighted by molar-refractivity contribution is -0.221. The maximum Gasteiger partial charge on any atom is 0.490 e. The fraction of sp³-hybridized carbons (Fsp3) is 0.875. The van der Waals surface area contributed by atoms with Gasteiger partial charge in [0, 0.05) is 7.11 Å². The molecule has 0 aromatic carbocycles. The molecular weight excluding hydrogens is 253 g/mol. The van der Waals surface area contributed by atoms with E-state index in [2.05, 4.69) is 9.47 Å². The van der Waals surface area contributed by atoms with Crippen LogP contribution in [0.4, 0.5) is 22.0 Å². The largest absolute Gasteiger partial charge is 0.490 e. The van der Waals surface area contributed by atoms with Crippen LogP contribution in [0.3, 0.4) is 0 Å². The maximum absolute atomic E-state index is 12.9. The summed E-state index contributed by atoms with van der Waals surface area (Å²) in [5, 5.41) is 2.05. The van der Waals surface area contributed by atoms with Crippen LogP contribution in [-0.4, -0.2) is 44.1 Å². The van der Waals surface area contributed by atoms with Crippen LogP contribution in [0.5, 0.6) is 0 Å². The summed E-state index contributed by atoms with van der Waals surface area (Å²) in [6, 6.07) is 0. The van der Waals surface area contributed by atoms with E-state index in [0.717, 1.165) is 7.11 Å². The van der Waals surface area contributed by atoms with E-state index in [4.69, 9.17) is 0 Å². The van der Waals surface area contributed by atoms with Gasteiger partial charge in [-0.05, 0) is 0 Å². The van der Waals surface area contributed by atoms with Crippen LogP contribution in [0.25, 0.3) is 0 Å². The van der Waals surface area contributed by atoms with Gasteiger partial charge in [-0.1, -0.05) is 0 Å². The highest BCUT2D eigenvalue weighted by atomic mass is 19.4. The predicted molar refractivity (Wildman–Crippen MR) is 44.3 cm³/mol. The van der Waals surface area contributed by atoms with Crippen molar-refractivity contribution in [3.8, 4) is 0 Å². The maximum atomic E-state index is 12.9. The van der Waals surface area contributed by atoms with E-state index in [-0.39, 0.29) is 0 Å². The smallest absolute Gasteiger partial charge is 0.434 e. The third-order valence-corrected chi connectivity index (χ3v) is 2.11. The molecule has 100 valence electrons. The Hall–Kier alpha value is -0.960. The van der Waals surface area contributed by atoms with Gasteiger partial charge in [0.1, 0.15) is 6.61 Å². The first-order chi connectivity index (χ1) is 7.60. The molecule has 1 aliphatic heterocycles. The summed E-state index contributed by atoms with van der Waals surface area (Å²) in [6.45, 7) is -1.47. The van der Waals surface area contributed by atoms with Gasteiger partial charge in [-0.3, -0.25) is 5.32 Å². The Bertz CT molecular complexity index is 306. The molecule has 9 heteroatoms. The molecule has 1 heterocycles. The van der Waals surface area contributed by atoms with E-state index in [9.17, 15) is 26.7 Å². The monoisotopic (exact) mass is 263 g/mol. The second-order valence-electron chi connectivity index (χ2n) is 3.70. The number of carbonyl (C=O) groups is 1. The zero-order chi connectivity index (χ0) is 13.3. The second kappa shape index (κ2) is 4.37.